The normalized spacial score (nSPS) is 10.3. The summed E-state index contributed by atoms with van der Waals surface area (Å²) in [6, 6.07) is 6.29. The van der Waals surface area contributed by atoms with E-state index in [1.165, 1.54) is 5.56 Å². The predicted octanol–water partition coefficient (Wildman–Crippen LogP) is 3.28. The highest BCUT2D eigenvalue weighted by Crippen LogP contribution is 2.21. The molecule has 0 saturated carbocycles. The molecule has 0 saturated heterocycles. The van der Waals surface area contributed by atoms with Gasteiger partial charge in [0.25, 0.3) is 0 Å². The molecule has 0 aliphatic carbocycles. The van der Waals surface area contributed by atoms with E-state index in [0.717, 1.165) is 11.3 Å². The Bertz CT molecular complexity index is 589. The maximum Gasteiger partial charge on any atom is 0.322 e. The molecule has 0 spiro atoms. The number of nitrogens with zero attached hydrogens (tertiary/aromatic N) is 3. The Hall–Kier alpha value is -1.88. The molecule has 1 heterocycles. The number of aromatic nitrogens is 3. The lowest BCUT2D eigenvalue weighted by molar-refractivity contribution is 0.312. The molecule has 0 amide bonds. The first-order valence-electron chi connectivity index (χ1n) is 5.97. The molecule has 0 aliphatic rings. The van der Waals surface area contributed by atoms with Crippen molar-refractivity contribution in [2.24, 2.45) is 0 Å². The summed E-state index contributed by atoms with van der Waals surface area (Å²) in [6.07, 6.45) is 0. The standard InChI is InChI=1S/C13H15ClN4O/c1-4-19-13-17-11(14)16-12(18-13)15-10-6-5-8(2)7-9(10)3/h5-7H,4H2,1-3H3,(H,15,16,17,18). The molecule has 19 heavy (non-hydrogen) atoms. The number of hydrogen-bond donors (Lipinski definition) is 1. The van der Waals surface area contributed by atoms with Crippen LogP contribution in [0, 0.1) is 13.8 Å². The first kappa shape index (κ1) is 13.5. The van der Waals surface area contributed by atoms with Gasteiger partial charge in [-0.25, -0.2) is 0 Å². The summed E-state index contributed by atoms with van der Waals surface area (Å²) in [4.78, 5) is 12.1. The second-order valence-corrected chi connectivity index (χ2v) is 4.43. The third kappa shape index (κ3) is 3.54. The fourth-order valence-corrected chi connectivity index (χ4v) is 1.81. The van der Waals surface area contributed by atoms with E-state index in [1.54, 1.807) is 0 Å². The Labute approximate surface area is 117 Å². The summed E-state index contributed by atoms with van der Waals surface area (Å²) in [5, 5.41) is 3.21. The summed E-state index contributed by atoms with van der Waals surface area (Å²) >= 11 is 5.83. The third-order valence-corrected chi connectivity index (χ3v) is 2.66. The van der Waals surface area contributed by atoms with Crippen molar-refractivity contribution in [3.63, 3.8) is 0 Å². The van der Waals surface area contributed by atoms with Crippen molar-refractivity contribution in [2.45, 2.75) is 20.8 Å². The van der Waals surface area contributed by atoms with E-state index in [9.17, 15) is 0 Å². The summed E-state index contributed by atoms with van der Waals surface area (Å²) in [5.74, 6) is 0.371. The second kappa shape index (κ2) is 5.84. The van der Waals surface area contributed by atoms with Crippen LogP contribution in [0.4, 0.5) is 11.6 Å². The third-order valence-electron chi connectivity index (χ3n) is 2.49. The molecule has 1 aromatic carbocycles. The van der Waals surface area contributed by atoms with Gasteiger partial charge in [0.2, 0.25) is 11.2 Å². The number of rotatable bonds is 4. The molecule has 0 aliphatic heterocycles. The number of halogens is 1. The topological polar surface area (TPSA) is 59.9 Å². The second-order valence-electron chi connectivity index (χ2n) is 4.09. The van der Waals surface area contributed by atoms with Crippen LogP contribution in [0.1, 0.15) is 18.1 Å². The van der Waals surface area contributed by atoms with Crippen LogP contribution in [0.5, 0.6) is 6.01 Å². The highest BCUT2D eigenvalue weighted by atomic mass is 35.5. The van der Waals surface area contributed by atoms with Crippen LogP contribution >= 0.6 is 11.6 Å². The minimum absolute atomic E-state index is 0.103. The predicted molar refractivity (Wildman–Crippen MR) is 75.2 cm³/mol. The van der Waals surface area contributed by atoms with E-state index in [1.807, 2.05) is 32.9 Å². The number of anilines is 2. The van der Waals surface area contributed by atoms with Crippen molar-refractivity contribution in [1.82, 2.24) is 15.0 Å². The molecule has 0 radical (unpaired) electrons. The van der Waals surface area contributed by atoms with Gasteiger partial charge in [-0.2, -0.15) is 15.0 Å². The monoisotopic (exact) mass is 278 g/mol. The van der Waals surface area contributed by atoms with Gasteiger partial charge in [-0.15, -0.1) is 0 Å². The van der Waals surface area contributed by atoms with Gasteiger partial charge in [0.15, 0.2) is 0 Å². The van der Waals surface area contributed by atoms with E-state index in [-0.39, 0.29) is 11.3 Å². The van der Waals surface area contributed by atoms with E-state index in [2.05, 4.69) is 26.3 Å². The maximum absolute atomic E-state index is 5.83. The lowest BCUT2D eigenvalue weighted by Gasteiger charge is -2.09. The molecular formula is C13H15ClN4O. The smallest absolute Gasteiger partial charge is 0.322 e. The van der Waals surface area contributed by atoms with Gasteiger partial charge in [0.1, 0.15) is 0 Å². The van der Waals surface area contributed by atoms with Crippen LogP contribution in [0.15, 0.2) is 18.2 Å². The lowest BCUT2D eigenvalue weighted by atomic mass is 10.1. The number of benzene rings is 1. The summed E-state index contributed by atoms with van der Waals surface area (Å²) in [5.41, 5.74) is 3.23. The van der Waals surface area contributed by atoms with E-state index < -0.39 is 0 Å². The van der Waals surface area contributed by atoms with Gasteiger partial charge in [0, 0.05) is 5.69 Å². The number of ether oxygens (including phenoxy) is 1. The zero-order chi connectivity index (χ0) is 13.8. The molecule has 1 N–H and O–H groups in total. The summed E-state index contributed by atoms with van der Waals surface area (Å²) < 4.78 is 5.23. The Morgan fingerprint density at radius 2 is 2.00 bits per heavy atom. The van der Waals surface area contributed by atoms with Crippen molar-refractivity contribution in [3.05, 3.63) is 34.6 Å². The molecule has 1 aromatic heterocycles. The number of hydrogen-bond acceptors (Lipinski definition) is 5. The van der Waals surface area contributed by atoms with Crippen molar-refractivity contribution < 1.29 is 4.74 Å². The molecule has 100 valence electrons. The molecule has 2 aromatic rings. The molecule has 5 nitrogen and oxygen atoms in total. The molecule has 0 unspecified atom stereocenters. The van der Waals surface area contributed by atoms with E-state index >= 15 is 0 Å². The molecule has 0 bridgehead atoms. The Morgan fingerprint density at radius 3 is 2.68 bits per heavy atom. The van der Waals surface area contributed by atoms with Gasteiger partial charge >= 0.3 is 6.01 Å². The zero-order valence-corrected chi connectivity index (χ0v) is 11.8. The molecule has 0 atom stereocenters. The largest absolute Gasteiger partial charge is 0.464 e. The van der Waals surface area contributed by atoms with Crippen LogP contribution in [0.3, 0.4) is 0 Å². The maximum atomic E-state index is 5.83. The summed E-state index contributed by atoms with van der Waals surface area (Å²) in [7, 11) is 0. The van der Waals surface area contributed by atoms with Gasteiger partial charge < -0.3 is 10.1 Å². The highest BCUT2D eigenvalue weighted by molar-refractivity contribution is 6.28. The zero-order valence-electron chi connectivity index (χ0n) is 11.1. The Kier molecular flexibility index (Phi) is 4.16. The first-order valence-corrected chi connectivity index (χ1v) is 6.35. The fraction of sp³-hybridized carbons (Fsp3) is 0.308. The van der Waals surface area contributed by atoms with Gasteiger partial charge in [-0.3, -0.25) is 0 Å². The van der Waals surface area contributed by atoms with Crippen molar-refractivity contribution in [3.8, 4) is 6.01 Å². The molecular weight excluding hydrogens is 264 g/mol. The highest BCUT2D eigenvalue weighted by Gasteiger charge is 2.07. The van der Waals surface area contributed by atoms with E-state index in [4.69, 9.17) is 16.3 Å². The minimum atomic E-state index is 0.103. The Balaban J connectivity index is 2.27. The van der Waals surface area contributed by atoms with Crippen LogP contribution in [-0.2, 0) is 0 Å². The van der Waals surface area contributed by atoms with Gasteiger partial charge in [-0.05, 0) is 44.0 Å². The average molecular weight is 279 g/mol. The Morgan fingerprint density at radius 1 is 1.21 bits per heavy atom. The average Bonchev–Trinajstić information content (AvgIpc) is 2.32. The quantitative estimate of drug-likeness (QED) is 0.930. The van der Waals surface area contributed by atoms with E-state index in [0.29, 0.717) is 12.6 Å². The summed E-state index contributed by atoms with van der Waals surface area (Å²) in [6.45, 7) is 6.39. The van der Waals surface area contributed by atoms with Crippen molar-refractivity contribution >= 4 is 23.2 Å². The van der Waals surface area contributed by atoms with Crippen LogP contribution < -0.4 is 10.1 Å². The molecule has 2 rings (SSSR count). The van der Waals surface area contributed by atoms with Gasteiger partial charge in [-0.1, -0.05) is 17.7 Å². The fourth-order valence-electron chi connectivity index (χ4n) is 1.66. The number of nitrogens with one attached hydrogen (secondary N) is 1. The van der Waals surface area contributed by atoms with Crippen LogP contribution in [0.25, 0.3) is 0 Å². The SMILES string of the molecule is CCOc1nc(Cl)nc(Nc2ccc(C)cc2C)n1. The minimum Gasteiger partial charge on any atom is -0.464 e. The van der Waals surface area contributed by atoms with Crippen LogP contribution in [0.2, 0.25) is 5.28 Å². The van der Waals surface area contributed by atoms with Gasteiger partial charge in [0.05, 0.1) is 6.61 Å². The first-order chi connectivity index (χ1) is 9.08. The van der Waals surface area contributed by atoms with Crippen molar-refractivity contribution in [1.29, 1.82) is 0 Å². The lowest BCUT2D eigenvalue weighted by Crippen LogP contribution is -2.04. The van der Waals surface area contributed by atoms with Crippen LogP contribution in [-0.4, -0.2) is 21.6 Å². The van der Waals surface area contributed by atoms with Crippen molar-refractivity contribution in [2.75, 3.05) is 11.9 Å². The molecule has 6 heteroatoms. The number of aryl methyl sites for hydroxylation is 2. The molecule has 0 fully saturated rings.